The van der Waals surface area contributed by atoms with Crippen LogP contribution in [0.25, 0.3) is 0 Å². The van der Waals surface area contributed by atoms with Gasteiger partial charge in [-0.05, 0) is 48.9 Å². The average molecular weight is 289 g/mol. The van der Waals surface area contributed by atoms with Gasteiger partial charge < -0.3 is 15.2 Å². The monoisotopic (exact) mass is 289 g/mol. The van der Waals surface area contributed by atoms with Gasteiger partial charge >= 0.3 is 5.97 Å². The van der Waals surface area contributed by atoms with E-state index < -0.39 is 17.9 Å². The van der Waals surface area contributed by atoms with Crippen molar-refractivity contribution in [2.45, 2.75) is 31.7 Å². The Kier molecular flexibility index (Phi) is 3.92. The number of nitrogens with one attached hydrogen (secondary N) is 1. The fourth-order valence-electron chi connectivity index (χ4n) is 3.07. The van der Waals surface area contributed by atoms with E-state index in [1.54, 1.807) is 0 Å². The molecule has 112 valence electrons. The van der Waals surface area contributed by atoms with Gasteiger partial charge in [-0.3, -0.25) is 9.59 Å². The second-order valence-corrected chi connectivity index (χ2v) is 5.75. The maximum absolute atomic E-state index is 12.3. The Balaban J connectivity index is 1.72. The number of aryl methyl sites for hydroxylation is 2. The second-order valence-electron chi connectivity index (χ2n) is 5.75. The second kappa shape index (κ2) is 5.85. The van der Waals surface area contributed by atoms with Crippen LogP contribution in [0.15, 0.2) is 18.2 Å². The minimum Gasteiger partial charge on any atom is -0.481 e. The van der Waals surface area contributed by atoms with Gasteiger partial charge in [-0.25, -0.2) is 0 Å². The summed E-state index contributed by atoms with van der Waals surface area (Å²) < 4.78 is 5.16. The molecule has 0 saturated carbocycles. The highest BCUT2D eigenvalue weighted by molar-refractivity contribution is 5.95. The highest BCUT2D eigenvalue weighted by atomic mass is 16.5. The first-order valence-electron chi connectivity index (χ1n) is 7.38. The van der Waals surface area contributed by atoms with Crippen molar-refractivity contribution in [3.8, 4) is 0 Å². The number of benzene rings is 1. The summed E-state index contributed by atoms with van der Waals surface area (Å²) in [4.78, 5) is 23.4. The zero-order chi connectivity index (χ0) is 14.8. The quantitative estimate of drug-likeness (QED) is 0.882. The minimum absolute atomic E-state index is 0.157. The van der Waals surface area contributed by atoms with Crippen LogP contribution >= 0.6 is 0 Å². The largest absolute Gasteiger partial charge is 0.481 e. The Morgan fingerprint density at radius 2 is 1.90 bits per heavy atom. The van der Waals surface area contributed by atoms with Crippen molar-refractivity contribution >= 4 is 11.9 Å². The molecule has 2 unspecified atom stereocenters. The number of carbonyl (C=O) groups is 2. The highest BCUT2D eigenvalue weighted by Gasteiger charge is 2.35. The van der Waals surface area contributed by atoms with Gasteiger partial charge in [0.15, 0.2) is 0 Å². The lowest BCUT2D eigenvalue weighted by Crippen LogP contribution is -2.42. The van der Waals surface area contributed by atoms with Crippen LogP contribution in [-0.2, 0) is 22.4 Å². The zero-order valence-electron chi connectivity index (χ0n) is 11.8. The van der Waals surface area contributed by atoms with Crippen LogP contribution in [0.3, 0.4) is 0 Å². The van der Waals surface area contributed by atoms with Crippen LogP contribution in [0, 0.1) is 5.92 Å². The minimum atomic E-state index is -0.928. The molecule has 1 amide bonds. The molecule has 3 rings (SSSR count). The number of fused-ring (bicyclic) bond motifs is 1. The normalized spacial score (nSPS) is 24.4. The molecule has 1 fully saturated rings. The van der Waals surface area contributed by atoms with Gasteiger partial charge in [-0.1, -0.05) is 6.07 Å². The molecule has 0 spiro atoms. The number of hydrogen-bond acceptors (Lipinski definition) is 3. The molecule has 1 aliphatic heterocycles. The summed E-state index contributed by atoms with van der Waals surface area (Å²) in [7, 11) is 0. The van der Waals surface area contributed by atoms with Crippen LogP contribution in [-0.4, -0.2) is 36.2 Å². The summed E-state index contributed by atoms with van der Waals surface area (Å²) in [5, 5.41) is 11.9. The molecular weight excluding hydrogens is 270 g/mol. The summed E-state index contributed by atoms with van der Waals surface area (Å²) in [5.41, 5.74) is 3.17. The fraction of sp³-hybridized carbons (Fsp3) is 0.500. The van der Waals surface area contributed by atoms with Crippen molar-refractivity contribution in [1.29, 1.82) is 0 Å². The summed E-state index contributed by atoms with van der Waals surface area (Å²) in [6.07, 6.45) is 4.46. The van der Waals surface area contributed by atoms with E-state index in [2.05, 4.69) is 5.32 Å². The van der Waals surface area contributed by atoms with Crippen molar-refractivity contribution in [3.63, 3.8) is 0 Å². The van der Waals surface area contributed by atoms with Crippen molar-refractivity contribution < 1.29 is 19.4 Å². The number of amides is 1. The van der Waals surface area contributed by atoms with E-state index in [1.807, 2.05) is 18.2 Å². The van der Waals surface area contributed by atoms with Gasteiger partial charge in [0, 0.05) is 5.56 Å². The van der Waals surface area contributed by atoms with Crippen molar-refractivity contribution in [1.82, 2.24) is 5.32 Å². The average Bonchev–Trinajstić information content (AvgIpc) is 2.95. The van der Waals surface area contributed by atoms with E-state index in [4.69, 9.17) is 9.84 Å². The molecule has 1 heterocycles. The molecule has 5 nitrogen and oxygen atoms in total. The van der Waals surface area contributed by atoms with Gasteiger partial charge in [0.1, 0.15) is 5.92 Å². The van der Waals surface area contributed by atoms with Gasteiger partial charge in [-0.2, -0.15) is 0 Å². The molecule has 2 atom stereocenters. The predicted molar refractivity (Wildman–Crippen MR) is 76.3 cm³/mol. The van der Waals surface area contributed by atoms with E-state index >= 15 is 0 Å². The summed E-state index contributed by atoms with van der Waals surface area (Å²) in [6, 6.07) is 5.33. The highest BCUT2D eigenvalue weighted by Crippen LogP contribution is 2.22. The third-order valence-corrected chi connectivity index (χ3v) is 4.32. The Hall–Kier alpha value is -1.88. The Morgan fingerprint density at radius 3 is 2.67 bits per heavy atom. The lowest BCUT2D eigenvalue weighted by Gasteiger charge is -2.18. The standard InChI is InChI=1S/C16H19NO4/c18-15(17-14-9-21-8-13(14)16(19)20)12-6-5-10-3-1-2-4-11(10)7-12/h5-7,13-14H,1-4,8-9H2,(H,17,18)(H,19,20). The zero-order valence-corrected chi connectivity index (χ0v) is 11.8. The van der Waals surface area contributed by atoms with Crippen LogP contribution < -0.4 is 5.32 Å². The Bertz CT molecular complexity index is 569. The van der Waals surface area contributed by atoms with E-state index in [-0.39, 0.29) is 19.1 Å². The number of ether oxygens (including phenoxy) is 1. The van der Waals surface area contributed by atoms with Crippen LogP contribution in [0.5, 0.6) is 0 Å². The maximum Gasteiger partial charge on any atom is 0.311 e. The molecule has 1 saturated heterocycles. The third kappa shape index (κ3) is 2.93. The maximum atomic E-state index is 12.3. The molecule has 1 aliphatic carbocycles. The summed E-state index contributed by atoms with van der Waals surface area (Å²) in [5.74, 6) is -1.81. The lowest BCUT2D eigenvalue weighted by molar-refractivity contribution is -0.142. The number of carboxylic acids is 1. The number of carboxylic acid groups (broad SMARTS) is 1. The van der Waals surface area contributed by atoms with Crippen LogP contribution in [0.2, 0.25) is 0 Å². The number of rotatable bonds is 3. The van der Waals surface area contributed by atoms with E-state index in [1.165, 1.54) is 17.5 Å². The first kappa shape index (κ1) is 14.1. The van der Waals surface area contributed by atoms with Crippen molar-refractivity contribution in [3.05, 3.63) is 34.9 Å². The first-order chi connectivity index (χ1) is 10.1. The van der Waals surface area contributed by atoms with Gasteiger partial charge in [-0.15, -0.1) is 0 Å². The van der Waals surface area contributed by atoms with Crippen molar-refractivity contribution in [2.24, 2.45) is 5.92 Å². The van der Waals surface area contributed by atoms with Crippen LogP contribution in [0.4, 0.5) is 0 Å². The van der Waals surface area contributed by atoms with E-state index in [9.17, 15) is 9.59 Å². The molecule has 0 radical (unpaired) electrons. The van der Waals surface area contributed by atoms with Gasteiger partial charge in [0.2, 0.25) is 0 Å². The third-order valence-electron chi connectivity index (χ3n) is 4.32. The molecule has 0 bridgehead atoms. The summed E-state index contributed by atoms with van der Waals surface area (Å²) in [6.45, 7) is 0.415. The van der Waals surface area contributed by atoms with Gasteiger partial charge in [0.25, 0.3) is 5.91 Å². The fourth-order valence-corrected chi connectivity index (χ4v) is 3.07. The van der Waals surface area contributed by atoms with Gasteiger partial charge in [0.05, 0.1) is 19.3 Å². The lowest BCUT2D eigenvalue weighted by atomic mass is 9.90. The molecule has 1 aromatic carbocycles. The molecule has 5 heteroatoms. The topological polar surface area (TPSA) is 75.6 Å². The molecule has 21 heavy (non-hydrogen) atoms. The Morgan fingerprint density at radius 1 is 1.14 bits per heavy atom. The SMILES string of the molecule is O=C(NC1COCC1C(=O)O)c1ccc2c(c1)CCCC2. The molecular formula is C16H19NO4. The molecule has 1 aromatic rings. The van der Waals surface area contributed by atoms with Crippen LogP contribution in [0.1, 0.15) is 34.3 Å². The van der Waals surface area contributed by atoms with E-state index in [0.717, 1.165) is 19.3 Å². The molecule has 0 aromatic heterocycles. The number of carbonyl (C=O) groups excluding carboxylic acids is 1. The molecule has 2 N–H and O–H groups in total. The molecule has 2 aliphatic rings. The smallest absolute Gasteiger partial charge is 0.311 e. The van der Waals surface area contributed by atoms with E-state index in [0.29, 0.717) is 5.56 Å². The first-order valence-corrected chi connectivity index (χ1v) is 7.38. The predicted octanol–water partition coefficient (Wildman–Crippen LogP) is 1.39. The van der Waals surface area contributed by atoms with Crippen molar-refractivity contribution in [2.75, 3.05) is 13.2 Å². The summed E-state index contributed by atoms with van der Waals surface area (Å²) >= 11 is 0. The number of aliphatic carboxylic acids is 1. The number of hydrogen-bond donors (Lipinski definition) is 2. The Labute approximate surface area is 123 Å².